The number of nitrogens with zero attached hydrogens (tertiary/aromatic N) is 2. The van der Waals surface area contributed by atoms with Gasteiger partial charge < -0.3 is 10.8 Å². The van der Waals surface area contributed by atoms with Gasteiger partial charge in [0.25, 0.3) is 0 Å². The standard InChI is InChI=1S/C11H10FN3O/c12-8-1-2-10(13)9(3-8)11(16)7-4-14-6-15-5-7/h1-6,11,16H,13H2. The molecule has 5 heteroatoms. The molecule has 2 rings (SSSR count). The van der Waals surface area contributed by atoms with Gasteiger partial charge >= 0.3 is 0 Å². The first kappa shape index (κ1) is 10.5. The number of aliphatic hydroxyl groups excluding tert-OH is 1. The second-order valence-electron chi connectivity index (χ2n) is 3.35. The summed E-state index contributed by atoms with van der Waals surface area (Å²) in [6, 6.07) is 3.86. The molecule has 16 heavy (non-hydrogen) atoms. The average Bonchev–Trinajstić information content (AvgIpc) is 2.32. The SMILES string of the molecule is Nc1ccc(F)cc1C(O)c1cncnc1. The highest BCUT2D eigenvalue weighted by atomic mass is 19.1. The summed E-state index contributed by atoms with van der Waals surface area (Å²) in [5.41, 5.74) is 6.78. The van der Waals surface area contributed by atoms with Gasteiger partial charge in [0.1, 0.15) is 18.2 Å². The van der Waals surface area contributed by atoms with E-state index in [0.717, 1.165) is 0 Å². The summed E-state index contributed by atoms with van der Waals surface area (Å²) in [6.45, 7) is 0. The summed E-state index contributed by atoms with van der Waals surface area (Å²) >= 11 is 0. The molecule has 1 heterocycles. The molecule has 0 bridgehead atoms. The Kier molecular flexibility index (Phi) is 2.78. The third-order valence-corrected chi connectivity index (χ3v) is 2.24. The number of anilines is 1. The van der Waals surface area contributed by atoms with Crippen LogP contribution in [0.5, 0.6) is 0 Å². The lowest BCUT2D eigenvalue weighted by molar-refractivity contribution is 0.219. The zero-order valence-electron chi connectivity index (χ0n) is 8.34. The second kappa shape index (κ2) is 4.24. The van der Waals surface area contributed by atoms with Crippen LogP contribution in [-0.2, 0) is 0 Å². The van der Waals surface area contributed by atoms with Gasteiger partial charge in [-0.3, -0.25) is 0 Å². The van der Waals surface area contributed by atoms with Crippen LogP contribution in [0.3, 0.4) is 0 Å². The molecular weight excluding hydrogens is 209 g/mol. The zero-order valence-corrected chi connectivity index (χ0v) is 8.34. The van der Waals surface area contributed by atoms with E-state index in [2.05, 4.69) is 9.97 Å². The number of nitrogen functional groups attached to an aromatic ring is 1. The maximum atomic E-state index is 13.0. The van der Waals surface area contributed by atoms with Crippen LogP contribution in [0.2, 0.25) is 0 Å². The fraction of sp³-hybridized carbons (Fsp3) is 0.0909. The third kappa shape index (κ3) is 1.99. The largest absolute Gasteiger partial charge is 0.398 e. The molecule has 0 aliphatic rings. The topological polar surface area (TPSA) is 72.0 Å². The Morgan fingerprint density at radius 1 is 1.25 bits per heavy atom. The van der Waals surface area contributed by atoms with Gasteiger partial charge in [-0.1, -0.05) is 0 Å². The highest BCUT2D eigenvalue weighted by Crippen LogP contribution is 2.26. The number of halogens is 1. The van der Waals surface area contributed by atoms with E-state index < -0.39 is 11.9 Å². The van der Waals surface area contributed by atoms with Gasteiger partial charge in [-0.15, -0.1) is 0 Å². The van der Waals surface area contributed by atoms with Crippen LogP contribution >= 0.6 is 0 Å². The fourth-order valence-corrected chi connectivity index (χ4v) is 1.41. The van der Waals surface area contributed by atoms with Crippen molar-refractivity contribution >= 4 is 5.69 Å². The highest BCUT2D eigenvalue weighted by molar-refractivity contribution is 5.50. The van der Waals surface area contributed by atoms with Crippen molar-refractivity contribution in [3.05, 3.63) is 53.9 Å². The van der Waals surface area contributed by atoms with Crippen molar-refractivity contribution < 1.29 is 9.50 Å². The number of rotatable bonds is 2. The Balaban J connectivity index is 2.41. The Morgan fingerprint density at radius 3 is 2.62 bits per heavy atom. The lowest BCUT2D eigenvalue weighted by Crippen LogP contribution is -2.05. The van der Waals surface area contributed by atoms with Crippen LogP contribution in [0, 0.1) is 5.82 Å². The molecule has 1 atom stereocenters. The molecule has 82 valence electrons. The summed E-state index contributed by atoms with van der Waals surface area (Å²) in [4.78, 5) is 7.56. The molecular formula is C11H10FN3O. The molecule has 1 aromatic heterocycles. The average molecular weight is 219 g/mol. The predicted molar refractivity (Wildman–Crippen MR) is 56.9 cm³/mol. The van der Waals surface area contributed by atoms with Gasteiger partial charge in [0, 0.05) is 29.2 Å². The minimum absolute atomic E-state index is 0.315. The Labute approximate surface area is 91.6 Å². The quantitative estimate of drug-likeness (QED) is 0.746. The van der Waals surface area contributed by atoms with Crippen LogP contribution in [-0.4, -0.2) is 15.1 Å². The van der Waals surface area contributed by atoms with Crippen molar-refractivity contribution in [1.82, 2.24) is 9.97 Å². The Hall–Kier alpha value is -2.01. The number of aromatic nitrogens is 2. The molecule has 0 fully saturated rings. The molecule has 0 aliphatic carbocycles. The van der Waals surface area contributed by atoms with E-state index in [1.165, 1.54) is 36.9 Å². The van der Waals surface area contributed by atoms with Crippen LogP contribution < -0.4 is 5.73 Å². The van der Waals surface area contributed by atoms with E-state index in [9.17, 15) is 9.50 Å². The van der Waals surface area contributed by atoms with Gasteiger partial charge in [-0.2, -0.15) is 0 Å². The van der Waals surface area contributed by atoms with Crippen molar-refractivity contribution in [2.45, 2.75) is 6.10 Å². The lowest BCUT2D eigenvalue weighted by atomic mass is 10.0. The first-order valence-electron chi connectivity index (χ1n) is 4.66. The van der Waals surface area contributed by atoms with Crippen molar-refractivity contribution in [1.29, 1.82) is 0 Å². The first-order chi connectivity index (χ1) is 7.68. The smallest absolute Gasteiger partial charge is 0.123 e. The van der Waals surface area contributed by atoms with Crippen molar-refractivity contribution in [2.24, 2.45) is 0 Å². The van der Waals surface area contributed by atoms with Gasteiger partial charge in [0.15, 0.2) is 0 Å². The number of benzene rings is 1. The lowest BCUT2D eigenvalue weighted by Gasteiger charge is -2.12. The Bertz CT molecular complexity index is 490. The molecule has 0 spiro atoms. The van der Waals surface area contributed by atoms with Gasteiger partial charge in [0.2, 0.25) is 0 Å². The Morgan fingerprint density at radius 2 is 1.94 bits per heavy atom. The van der Waals surface area contributed by atoms with Gasteiger partial charge in [0.05, 0.1) is 0 Å². The highest BCUT2D eigenvalue weighted by Gasteiger charge is 2.14. The van der Waals surface area contributed by atoms with Crippen LogP contribution in [0.1, 0.15) is 17.2 Å². The molecule has 4 nitrogen and oxygen atoms in total. The molecule has 0 amide bonds. The molecule has 0 aliphatic heterocycles. The predicted octanol–water partition coefficient (Wildman–Crippen LogP) is 1.28. The number of nitrogens with two attached hydrogens (primary N) is 1. The van der Waals surface area contributed by atoms with Crippen LogP contribution in [0.4, 0.5) is 10.1 Å². The minimum Gasteiger partial charge on any atom is -0.398 e. The van der Waals surface area contributed by atoms with E-state index in [1.807, 2.05) is 0 Å². The number of hydrogen-bond acceptors (Lipinski definition) is 4. The summed E-state index contributed by atoms with van der Waals surface area (Å²) < 4.78 is 13.0. The molecule has 1 aromatic carbocycles. The minimum atomic E-state index is -1.02. The maximum absolute atomic E-state index is 13.0. The zero-order chi connectivity index (χ0) is 11.5. The molecule has 1 unspecified atom stereocenters. The summed E-state index contributed by atoms with van der Waals surface area (Å²) in [7, 11) is 0. The van der Waals surface area contributed by atoms with Gasteiger partial charge in [-0.05, 0) is 18.2 Å². The van der Waals surface area contributed by atoms with Crippen LogP contribution in [0.25, 0.3) is 0 Å². The van der Waals surface area contributed by atoms with Crippen molar-refractivity contribution in [2.75, 3.05) is 5.73 Å². The summed E-state index contributed by atoms with van der Waals surface area (Å²) in [5, 5.41) is 9.97. The molecule has 0 saturated heterocycles. The first-order valence-corrected chi connectivity index (χ1v) is 4.66. The monoisotopic (exact) mass is 219 g/mol. The molecule has 3 N–H and O–H groups in total. The molecule has 0 radical (unpaired) electrons. The van der Waals surface area contributed by atoms with Crippen molar-refractivity contribution in [3.63, 3.8) is 0 Å². The van der Waals surface area contributed by atoms with E-state index in [4.69, 9.17) is 5.73 Å². The normalized spacial score (nSPS) is 12.4. The van der Waals surface area contributed by atoms with E-state index in [-0.39, 0.29) is 0 Å². The third-order valence-electron chi connectivity index (χ3n) is 2.24. The number of hydrogen-bond donors (Lipinski definition) is 2. The molecule has 0 saturated carbocycles. The summed E-state index contributed by atoms with van der Waals surface area (Å²) in [5.74, 6) is -0.444. The summed E-state index contributed by atoms with van der Waals surface area (Å²) in [6.07, 6.45) is 3.26. The molecule has 2 aromatic rings. The second-order valence-corrected chi connectivity index (χ2v) is 3.35. The number of aliphatic hydroxyl groups is 1. The van der Waals surface area contributed by atoms with E-state index in [0.29, 0.717) is 16.8 Å². The van der Waals surface area contributed by atoms with Crippen LogP contribution in [0.15, 0.2) is 36.9 Å². The fourth-order valence-electron chi connectivity index (χ4n) is 1.41. The van der Waals surface area contributed by atoms with E-state index in [1.54, 1.807) is 0 Å². The van der Waals surface area contributed by atoms with E-state index >= 15 is 0 Å². The maximum Gasteiger partial charge on any atom is 0.123 e. The van der Waals surface area contributed by atoms with Crippen molar-refractivity contribution in [3.8, 4) is 0 Å². The van der Waals surface area contributed by atoms with Gasteiger partial charge in [-0.25, -0.2) is 14.4 Å².